The van der Waals surface area contributed by atoms with Crippen LogP contribution in [0.25, 0.3) is 11.3 Å². The van der Waals surface area contributed by atoms with Crippen molar-refractivity contribution in [1.29, 1.82) is 0 Å². The van der Waals surface area contributed by atoms with E-state index in [0.29, 0.717) is 41.0 Å². The zero-order chi connectivity index (χ0) is 24.4. The second-order valence-corrected chi connectivity index (χ2v) is 9.54. The molecule has 0 bridgehead atoms. The average Bonchev–Trinajstić information content (AvgIpc) is 3.31. The predicted molar refractivity (Wildman–Crippen MR) is 127 cm³/mol. The van der Waals surface area contributed by atoms with Crippen LogP contribution in [-0.2, 0) is 6.42 Å². The Kier molecular flexibility index (Phi) is 6.86. The minimum atomic E-state index is -0.417. The number of carbonyl (C=O) groups excluding carboxylic acids is 2. The highest BCUT2D eigenvalue weighted by molar-refractivity contribution is 6.04. The standard InChI is InChI=1S/C28H28F2N2O3/c29-21-10-7-19(8-11-21)27(33)20-13-16-32(17-14-20)15-3-4-18-9-12-24-25(28(18)34)26(31-35-24)22-5-1-2-6-23(22)30/h1-2,5-8,10-11,18,20H,3-4,9,12-17H2. The Morgan fingerprint density at radius 2 is 1.77 bits per heavy atom. The van der Waals surface area contributed by atoms with E-state index in [9.17, 15) is 18.4 Å². The molecule has 1 saturated heterocycles. The number of hydrogen-bond donors (Lipinski definition) is 0. The van der Waals surface area contributed by atoms with Crippen molar-refractivity contribution in [1.82, 2.24) is 10.1 Å². The van der Waals surface area contributed by atoms with Gasteiger partial charge in [-0.25, -0.2) is 8.78 Å². The van der Waals surface area contributed by atoms with Gasteiger partial charge in [0.15, 0.2) is 11.6 Å². The number of hydrogen-bond acceptors (Lipinski definition) is 5. The monoisotopic (exact) mass is 478 g/mol. The van der Waals surface area contributed by atoms with Crippen molar-refractivity contribution in [2.45, 2.75) is 38.5 Å². The number of rotatable bonds is 7. The number of aromatic nitrogens is 1. The molecule has 0 radical (unpaired) electrons. The van der Waals surface area contributed by atoms with Crippen molar-refractivity contribution in [2.24, 2.45) is 11.8 Å². The largest absolute Gasteiger partial charge is 0.360 e. The van der Waals surface area contributed by atoms with Crippen LogP contribution in [0.3, 0.4) is 0 Å². The van der Waals surface area contributed by atoms with Crippen LogP contribution in [0, 0.1) is 23.5 Å². The highest BCUT2D eigenvalue weighted by atomic mass is 19.1. The fourth-order valence-corrected chi connectivity index (χ4v) is 5.33. The van der Waals surface area contributed by atoms with Crippen molar-refractivity contribution in [2.75, 3.05) is 19.6 Å². The van der Waals surface area contributed by atoms with Crippen molar-refractivity contribution < 1.29 is 22.9 Å². The summed E-state index contributed by atoms with van der Waals surface area (Å²) < 4.78 is 32.8. The lowest BCUT2D eigenvalue weighted by atomic mass is 9.82. The maximum atomic E-state index is 14.3. The molecular formula is C28H28F2N2O3. The average molecular weight is 479 g/mol. The quantitative estimate of drug-likeness (QED) is 0.405. The Morgan fingerprint density at radius 1 is 1.03 bits per heavy atom. The minimum absolute atomic E-state index is 0.00523. The van der Waals surface area contributed by atoms with Crippen LogP contribution in [0.1, 0.15) is 58.6 Å². The molecule has 2 heterocycles. The number of piperidine rings is 1. The molecule has 1 atom stereocenters. The first kappa shape index (κ1) is 23.5. The summed E-state index contributed by atoms with van der Waals surface area (Å²) in [6, 6.07) is 12.1. The molecule has 7 heteroatoms. The van der Waals surface area contributed by atoms with Crippen molar-refractivity contribution in [3.63, 3.8) is 0 Å². The molecule has 3 aromatic rings. The first-order valence-corrected chi connectivity index (χ1v) is 12.3. The summed E-state index contributed by atoms with van der Waals surface area (Å²) >= 11 is 0. The molecule has 0 amide bonds. The number of fused-ring (bicyclic) bond motifs is 1. The third-order valence-corrected chi connectivity index (χ3v) is 7.34. The van der Waals surface area contributed by atoms with Gasteiger partial charge in [0.1, 0.15) is 23.1 Å². The Bertz CT molecular complexity index is 1210. The Hall–Kier alpha value is -3.19. The van der Waals surface area contributed by atoms with Gasteiger partial charge in [-0.2, -0.15) is 0 Å². The number of Topliss-reactive ketones (excluding diaryl/α,β-unsaturated/α-hetero) is 2. The van der Waals surface area contributed by atoms with Gasteiger partial charge in [0.25, 0.3) is 0 Å². The maximum Gasteiger partial charge on any atom is 0.171 e. The molecular weight excluding hydrogens is 450 g/mol. The molecule has 1 fully saturated rings. The SMILES string of the molecule is O=C(c1ccc(F)cc1)C1CCN(CCCC2CCc3onc(-c4ccccc4F)c3C2=O)CC1. The number of aryl methyl sites for hydroxylation is 1. The Labute approximate surface area is 203 Å². The van der Waals surface area contributed by atoms with Gasteiger partial charge in [0.2, 0.25) is 0 Å². The summed E-state index contributed by atoms with van der Waals surface area (Å²) in [6.45, 7) is 2.55. The normalized spacial score (nSPS) is 19.0. The number of nitrogens with zero attached hydrogens (tertiary/aromatic N) is 2. The number of likely N-dealkylation sites (tertiary alicyclic amines) is 1. The molecule has 1 aliphatic heterocycles. The van der Waals surface area contributed by atoms with Gasteiger partial charge in [0.05, 0.1) is 5.56 Å². The maximum absolute atomic E-state index is 14.3. The van der Waals surface area contributed by atoms with E-state index >= 15 is 0 Å². The Morgan fingerprint density at radius 3 is 2.51 bits per heavy atom. The van der Waals surface area contributed by atoms with Gasteiger partial charge in [-0.15, -0.1) is 0 Å². The van der Waals surface area contributed by atoms with Crippen LogP contribution in [-0.4, -0.2) is 41.3 Å². The third kappa shape index (κ3) is 4.96. The van der Waals surface area contributed by atoms with Gasteiger partial charge in [-0.3, -0.25) is 9.59 Å². The van der Waals surface area contributed by atoms with E-state index in [4.69, 9.17) is 4.52 Å². The van der Waals surface area contributed by atoms with Crippen LogP contribution >= 0.6 is 0 Å². The van der Waals surface area contributed by atoms with Gasteiger partial charge < -0.3 is 9.42 Å². The second kappa shape index (κ2) is 10.2. The minimum Gasteiger partial charge on any atom is -0.360 e. The molecule has 1 aromatic heterocycles. The highest BCUT2D eigenvalue weighted by Gasteiger charge is 2.34. The fourth-order valence-electron chi connectivity index (χ4n) is 5.33. The van der Waals surface area contributed by atoms with Gasteiger partial charge >= 0.3 is 0 Å². The van der Waals surface area contributed by atoms with Crippen molar-refractivity contribution in [3.05, 3.63) is 77.1 Å². The summed E-state index contributed by atoms with van der Waals surface area (Å²) in [4.78, 5) is 28.3. The summed E-state index contributed by atoms with van der Waals surface area (Å²) in [6.07, 6.45) is 4.55. The highest BCUT2D eigenvalue weighted by Crippen LogP contribution is 2.36. The van der Waals surface area contributed by atoms with Crippen molar-refractivity contribution in [3.8, 4) is 11.3 Å². The molecule has 182 valence electrons. The smallest absolute Gasteiger partial charge is 0.171 e. The fraction of sp³-hybridized carbons (Fsp3) is 0.393. The van der Waals surface area contributed by atoms with E-state index in [-0.39, 0.29) is 29.2 Å². The molecule has 0 saturated carbocycles. The van der Waals surface area contributed by atoms with E-state index < -0.39 is 5.82 Å². The molecule has 1 aliphatic carbocycles. The van der Waals surface area contributed by atoms with E-state index in [2.05, 4.69) is 10.1 Å². The molecule has 5 rings (SSSR count). The van der Waals surface area contributed by atoms with Crippen molar-refractivity contribution >= 4 is 11.6 Å². The molecule has 2 aromatic carbocycles. The van der Waals surface area contributed by atoms with Crippen LogP contribution < -0.4 is 0 Å². The van der Waals surface area contributed by atoms with E-state index in [1.165, 1.54) is 18.2 Å². The van der Waals surface area contributed by atoms with Gasteiger partial charge in [-0.1, -0.05) is 17.3 Å². The zero-order valence-corrected chi connectivity index (χ0v) is 19.5. The van der Waals surface area contributed by atoms with E-state index in [1.54, 1.807) is 30.3 Å². The molecule has 5 nitrogen and oxygen atoms in total. The topological polar surface area (TPSA) is 63.4 Å². The molecule has 35 heavy (non-hydrogen) atoms. The van der Waals surface area contributed by atoms with Crippen LogP contribution in [0.5, 0.6) is 0 Å². The van der Waals surface area contributed by atoms with E-state index in [1.807, 2.05) is 0 Å². The lowest BCUT2D eigenvalue weighted by molar-refractivity contribution is 0.0825. The molecule has 1 unspecified atom stereocenters. The van der Waals surface area contributed by atoms with Gasteiger partial charge in [-0.05, 0) is 88.1 Å². The van der Waals surface area contributed by atoms with Crippen LogP contribution in [0.2, 0.25) is 0 Å². The lowest BCUT2D eigenvalue weighted by Gasteiger charge is -2.31. The lowest BCUT2D eigenvalue weighted by Crippen LogP contribution is -2.37. The number of halogens is 2. The summed E-state index contributed by atoms with van der Waals surface area (Å²) in [5, 5.41) is 4.02. The predicted octanol–water partition coefficient (Wildman–Crippen LogP) is 5.74. The first-order chi connectivity index (χ1) is 17.0. The Balaban J connectivity index is 1.13. The number of benzene rings is 2. The molecule has 0 N–H and O–H groups in total. The summed E-state index contributed by atoms with van der Waals surface area (Å²) in [5.74, 6) is -0.263. The molecule has 0 spiro atoms. The zero-order valence-electron chi connectivity index (χ0n) is 19.5. The van der Waals surface area contributed by atoms with Crippen LogP contribution in [0.4, 0.5) is 8.78 Å². The first-order valence-electron chi connectivity index (χ1n) is 12.3. The summed E-state index contributed by atoms with van der Waals surface area (Å²) in [5.41, 5.74) is 1.61. The van der Waals surface area contributed by atoms with E-state index in [0.717, 1.165) is 45.3 Å². The summed E-state index contributed by atoms with van der Waals surface area (Å²) in [7, 11) is 0. The van der Waals surface area contributed by atoms with Crippen LogP contribution in [0.15, 0.2) is 53.1 Å². The number of carbonyl (C=O) groups is 2. The molecule has 2 aliphatic rings. The third-order valence-electron chi connectivity index (χ3n) is 7.34. The second-order valence-electron chi connectivity index (χ2n) is 9.54. The number of ketones is 2. The van der Waals surface area contributed by atoms with Gasteiger partial charge in [0, 0.05) is 29.4 Å².